The van der Waals surface area contributed by atoms with Crippen molar-refractivity contribution in [3.05, 3.63) is 27.5 Å². The number of nitriles is 1. The highest BCUT2D eigenvalue weighted by Crippen LogP contribution is 2.12. The highest BCUT2D eigenvalue weighted by atomic mass is 16.3. The number of hydrogen-bond acceptors (Lipinski definition) is 3. The minimum absolute atomic E-state index is 0.0649. The Labute approximate surface area is 88.4 Å². The summed E-state index contributed by atoms with van der Waals surface area (Å²) in [6, 6.07) is 3.32. The molecule has 1 N–H and O–H groups in total. The van der Waals surface area contributed by atoms with Crippen molar-refractivity contribution in [2.45, 2.75) is 33.2 Å². The van der Waals surface area contributed by atoms with Crippen LogP contribution < -0.4 is 5.56 Å². The molecule has 1 heterocycles. The van der Waals surface area contributed by atoms with Crippen molar-refractivity contribution in [3.63, 3.8) is 0 Å². The van der Waals surface area contributed by atoms with Gasteiger partial charge in [0.2, 0.25) is 0 Å². The summed E-state index contributed by atoms with van der Waals surface area (Å²) in [5, 5.41) is 18.4. The van der Waals surface area contributed by atoms with Crippen LogP contribution in [0.3, 0.4) is 0 Å². The van der Waals surface area contributed by atoms with Crippen molar-refractivity contribution >= 4 is 0 Å². The monoisotopic (exact) mass is 206 g/mol. The largest absolute Gasteiger partial charge is 0.494 e. The molecular formula is C11H14N2O2. The average Bonchev–Trinajstić information content (AvgIpc) is 2.17. The molecule has 0 saturated carbocycles. The van der Waals surface area contributed by atoms with E-state index >= 15 is 0 Å². The van der Waals surface area contributed by atoms with Crippen molar-refractivity contribution in [2.24, 2.45) is 0 Å². The third-order valence-corrected chi connectivity index (χ3v) is 2.32. The van der Waals surface area contributed by atoms with Gasteiger partial charge in [-0.15, -0.1) is 0 Å². The summed E-state index contributed by atoms with van der Waals surface area (Å²) in [6.45, 7) is 4.10. The van der Waals surface area contributed by atoms with E-state index in [-0.39, 0.29) is 11.4 Å². The normalized spacial score (nSPS) is 9.93. The molecule has 80 valence electrons. The number of aromatic hydroxyl groups is 1. The Morgan fingerprint density at radius 2 is 2.27 bits per heavy atom. The number of aryl methyl sites for hydroxylation is 1. The van der Waals surface area contributed by atoms with E-state index < -0.39 is 5.56 Å². The van der Waals surface area contributed by atoms with E-state index in [0.29, 0.717) is 12.1 Å². The first kappa shape index (κ1) is 11.3. The fourth-order valence-corrected chi connectivity index (χ4v) is 1.42. The third kappa shape index (κ3) is 2.18. The van der Waals surface area contributed by atoms with Gasteiger partial charge in [0.05, 0.1) is 0 Å². The van der Waals surface area contributed by atoms with Crippen LogP contribution in [0.2, 0.25) is 0 Å². The van der Waals surface area contributed by atoms with Gasteiger partial charge >= 0.3 is 0 Å². The summed E-state index contributed by atoms with van der Waals surface area (Å²) in [5.41, 5.74) is 0.236. The van der Waals surface area contributed by atoms with Crippen molar-refractivity contribution in [2.75, 3.05) is 0 Å². The van der Waals surface area contributed by atoms with E-state index in [4.69, 9.17) is 5.26 Å². The summed E-state index contributed by atoms with van der Waals surface area (Å²) in [4.78, 5) is 11.7. The lowest BCUT2D eigenvalue weighted by Gasteiger charge is -2.09. The molecule has 1 aromatic heterocycles. The first-order valence-corrected chi connectivity index (χ1v) is 4.95. The highest BCUT2D eigenvalue weighted by Gasteiger charge is 2.10. The molecule has 0 amide bonds. The Bertz CT molecular complexity index is 455. The van der Waals surface area contributed by atoms with Crippen molar-refractivity contribution in [3.8, 4) is 11.9 Å². The van der Waals surface area contributed by atoms with Crippen molar-refractivity contribution < 1.29 is 5.11 Å². The van der Waals surface area contributed by atoms with Gasteiger partial charge in [0.25, 0.3) is 5.56 Å². The maximum absolute atomic E-state index is 11.7. The number of aromatic nitrogens is 1. The van der Waals surface area contributed by atoms with E-state index in [1.54, 1.807) is 6.92 Å². The van der Waals surface area contributed by atoms with Crippen LogP contribution in [-0.2, 0) is 6.54 Å². The summed E-state index contributed by atoms with van der Waals surface area (Å²) in [5.74, 6) is -0.0649. The van der Waals surface area contributed by atoms with Crippen LogP contribution in [0.15, 0.2) is 10.9 Å². The second-order valence-corrected chi connectivity index (χ2v) is 3.48. The van der Waals surface area contributed by atoms with Crippen molar-refractivity contribution in [1.82, 2.24) is 4.57 Å². The number of pyridine rings is 1. The van der Waals surface area contributed by atoms with Gasteiger partial charge in [-0.05, 0) is 18.9 Å². The summed E-state index contributed by atoms with van der Waals surface area (Å²) in [7, 11) is 0. The van der Waals surface area contributed by atoms with E-state index in [2.05, 4.69) is 0 Å². The molecule has 0 aliphatic heterocycles. The van der Waals surface area contributed by atoms with E-state index in [1.165, 1.54) is 10.6 Å². The van der Waals surface area contributed by atoms with Gasteiger partial charge in [0.15, 0.2) is 5.88 Å². The fraction of sp³-hybridized carbons (Fsp3) is 0.455. The predicted octanol–water partition coefficient (Wildman–Crippen LogP) is 1.53. The first-order valence-electron chi connectivity index (χ1n) is 4.95. The van der Waals surface area contributed by atoms with Crippen LogP contribution >= 0.6 is 0 Å². The summed E-state index contributed by atoms with van der Waals surface area (Å²) in [6.07, 6.45) is 1.74. The Morgan fingerprint density at radius 1 is 1.60 bits per heavy atom. The Hall–Kier alpha value is -1.76. The fourth-order valence-electron chi connectivity index (χ4n) is 1.42. The minimum Gasteiger partial charge on any atom is -0.494 e. The van der Waals surface area contributed by atoms with Crippen LogP contribution in [-0.4, -0.2) is 9.67 Å². The molecule has 1 rings (SSSR count). The highest BCUT2D eigenvalue weighted by molar-refractivity contribution is 5.37. The second-order valence-electron chi connectivity index (χ2n) is 3.48. The topological polar surface area (TPSA) is 66.0 Å². The maximum atomic E-state index is 11.7. The molecule has 0 atom stereocenters. The first-order chi connectivity index (χ1) is 7.11. The number of hydrogen-bond donors (Lipinski definition) is 1. The van der Waals surface area contributed by atoms with Gasteiger partial charge in [0, 0.05) is 12.6 Å². The molecule has 0 aliphatic carbocycles. The SMILES string of the molecule is CCCCn1c(O)cc(C)c(C#N)c1=O. The molecule has 0 fully saturated rings. The lowest BCUT2D eigenvalue weighted by Crippen LogP contribution is -2.23. The van der Waals surface area contributed by atoms with E-state index in [1.807, 2.05) is 13.0 Å². The molecule has 0 unspecified atom stereocenters. The summed E-state index contributed by atoms with van der Waals surface area (Å²) < 4.78 is 1.25. The van der Waals surface area contributed by atoms with Crippen LogP contribution in [0.1, 0.15) is 30.9 Å². The average molecular weight is 206 g/mol. The lowest BCUT2D eigenvalue weighted by molar-refractivity contribution is 0.400. The number of nitrogens with zero attached hydrogens (tertiary/aromatic N) is 2. The molecule has 0 radical (unpaired) electrons. The number of unbranched alkanes of at least 4 members (excludes halogenated alkanes) is 1. The molecule has 1 aromatic rings. The molecule has 0 bridgehead atoms. The van der Waals surface area contributed by atoms with Crippen LogP contribution in [0.25, 0.3) is 0 Å². The molecule has 4 heteroatoms. The van der Waals surface area contributed by atoms with Gasteiger partial charge in [0.1, 0.15) is 11.6 Å². The standard InChI is InChI=1S/C11H14N2O2/c1-3-4-5-13-10(14)6-8(2)9(7-12)11(13)15/h6,14H,3-5H2,1-2H3. The predicted molar refractivity (Wildman–Crippen MR) is 56.7 cm³/mol. The molecule has 0 saturated heterocycles. The van der Waals surface area contributed by atoms with Gasteiger partial charge in [-0.25, -0.2) is 0 Å². The van der Waals surface area contributed by atoms with Gasteiger partial charge in [-0.3, -0.25) is 9.36 Å². The third-order valence-electron chi connectivity index (χ3n) is 2.32. The zero-order valence-corrected chi connectivity index (χ0v) is 8.95. The van der Waals surface area contributed by atoms with Crippen molar-refractivity contribution in [1.29, 1.82) is 5.26 Å². The second kappa shape index (κ2) is 4.65. The maximum Gasteiger partial charge on any atom is 0.271 e. The molecule has 0 aromatic carbocycles. The summed E-state index contributed by atoms with van der Waals surface area (Å²) >= 11 is 0. The molecule has 0 aliphatic rings. The van der Waals surface area contributed by atoms with Crippen LogP contribution in [0.4, 0.5) is 0 Å². The van der Waals surface area contributed by atoms with Gasteiger partial charge < -0.3 is 5.11 Å². The number of rotatable bonds is 3. The molecule has 15 heavy (non-hydrogen) atoms. The Kier molecular flexibility index (Phi) is 3.51. The zero-order valence-electron chi connectivity index (χ0n) is 8.95. The van der Waals surface area contributed by atoms with E-state index in [0.717, 1.165) is 12.8 Å². The Morgan fingerprint density at radius 3 is 2.80 bits per heavy atom. The Balaban J connectivity index is 3.28. The molecule has 0 spiro atoms. The van der Waals surface area contributed by atoms with E-state index in [9.17, 15) is 9.90 Å². The quantitative estimate of drug-likeness (QED) is 0.815. The van der Waals surface area contributed by atoms with Crippen LogP contribution in [0, 0.1) is 18.3 Å². The minimum atomic E-state index is -0.400. The van der Waals surface area contributed by atoms with Crippen LogP contribution in [0.5, 0.6) is 5.88 Å². The van der Waals surface area contributed by atoms with Gasteiger partial charge in [-0.2, -0.15) is 5.26 Å². The van der Waals surface area contributed by atoms with Gasteiger partial charge in [-0.1, -0.05) is 13.3 Å². The lowest BCUT2D eigenvalue weighted by atomic mass is 10.1. The smallest absolute Gasteiger partial charge is 0.271 e. The molecular weight excluding hydrogens is 192 g/mol. The molecule has 4 nitrogen and oxygen atoms in total. The zero-order chi connectivity index (χ0) is 11.4.